The van der Waals surface area contributed by atoms with Gasteiger partial charge >= 0.3 is 0 Å². The summed E-state index contributed by atoms with van der Waals surface area (Å²) >= 11 is 0. The zero-order valence-corrected chi connectivity index (χ0v) is 16.8. The van der Waals surface area contributed by atoms with Gasteiger partial charge < -0.3 is 19.3 Å². The highest BCUT2D eigenvalue weighted by molar-refractivity contribution is 6.02. The highest BCUT2D eigenvalue weighted by Crippen LogP contribution is 2.32. The Bertz CT molecular complexity index is 905. The summed E-state index contributed by atoms with van der Waals surface area (Å²) in [5.41, 5.74) is 2.83. The van der Waals surface area contributed by atoms with Crippen LogP contribution < -0.4 is 19.3 Å². The molecule has 29 heavy (non-hydrogen) atoms. The summed E-state index contributed by atoms with van der Waals surface area (Å²) in [4.78, 5) is 30.9. The predicted octanol–water partition coefficient (Wildman–Crippen LogP) is 2.08. The second-order valence-electron chi connectivity index (χ2n) is 7.31. The molecule has 2 amide bonds. The molecule has 4 rings (SSSR count). The minimum atomic E-state index is -0.188. The van der Waals surface area contributed by atoms with Crippen molar-refractivity contribution in [2.75, 3.05) is 56.2 Å². The molecule has 0 aliphatic carbocycles. The van der Waals surface area contributed by atoms with Gasteiger partial charge in [-0.2, -0.15) is 0 Å². The van der Waals surface area contributed by atoms with E-state index in [-0.39, 0.29) is 25.0 Å². The molecule has 0 saturated carbocycles. The van der Waals surface area contributed by atoms with Crippen LogP contribution in [0.3, 0.4) is 0 Å². The maximum Gasteiger partial charge on any atom is 0.265 e. The maximum absolute atomic E-state index is 12.9. The number of nitrogens with zero attached hydrogens (tertiary/aromatic N) is 3. The normalized spacial score (nSPS) is 16.3. The molecule has 0 aromatic heterocycles. The molecule has 0 unspecified atom stereocenters. The molecular formula is C22H25N3O4. The number of carbonyl (C=O) groups excluding carboxylic acids is 2. The molecule has 0 bridgehead atoms. The Hall–Kier alpha value is -3.22. The SMILES string of the molecule is COc1ccc(N2CCN(C(=O)CN3C(=O)COc4cc(C)ccc43)CC2)cc1. The first kappa shape index (κ1) is 19.1. The van der Waals surface area contributed by atoms with E-state index in [1.54, 1.807) is 7.11 Å². The van der Waals surface area contributed by atoms with E-state index in [1.807, 2.05) is 54.3 Å². The van der Waals surface area contributed by atoms with Gasteiger partial charge in [0.05, 0.1) is 12.8 Å². The lowest BCUT2D eigenvalue weighted by atomic mass is 10.1. The smallest absolute Gasteiger partial charge is 0.265 e. The van der Waals surface area contributed by atoms with Crippen LogP contribution in [-0.4, -0.2) is 63.2 Å². The number of benzene rings is 2. The van der Waals surface area contributed by atoms with Gasteiger partial charge in [0.25, 0.3) is 5.91 Å². The van der Waals surface area contributed by atoms with Crippen molar-refractivity contribution in [3.8, 4) is 11.5 Å². The van der Waals surface area contributed by atoms with Crippen molar-refractivity contribution in [1.29, 1.82) is 0 Å². The topological polar surface area (TPSA) is 62.3 Å². The Morgan fingerprint density at radius 2 is 1.79 bits per heavy atom. The lowest BCUT2D eigenvalue weighted by molar-refractivity contribution is -0.132. The Balaban J connectivity index is 1.38. The summed E-state index contributed by atoms with van der Waals surface area (Å²) in [6, 6.07) is 13.6. The number of hydrogen-bond acceptors (Lipinski definition) is 5. The summed E-state index contributed by atoms with van der Waals surface area (Å²) in [5, 5.41) is 0. The van der Waals surface area contributed by atoms with E-state index in [9.17, 15) is 9.59 Å². The minimum Gasteiger partial charge on any atom is -0.497 e. The predicted molar refractivity (Wildman–Crippen MR) is 111 cm³/mol. The number of aryl methyl sites for hydroxylation is 1. The Morgan fingerprint density at radius 3 is 2.48 bits per heavy atom. The van der Waals surface area contributed by atoms with E-state index >= 15 is 0 Å². The highest BCUT2D eigenvalue weighted by Gasteiger charge is 2.30. The van der Waals surface area contributed by atoms with E-state index in [2.05, 4.69) is 4.90 Å². The third-order valence-corrected chi connectivity index (χ3v) is 5.42. The second kappa shape index (κ2) is 8.03. The lowest BCUT2D eigenvalue weighted by Crippen LogP contribution is -2.53. The van der Waals surface area contributed by atoms with Crippen molar-refractivity contribution in [3.05, 3.63) is 48.0 Å². The van der Waals surface area contributed by atoms with Crippen molar-refractivity contribution < 1.29 is 19.1 Å². The molecule has 0 atom stereocenters. The van der Waals surface area contributed by atoms with Gasteiger partial charge in [-0.05, 0) is 48.9 Å². The van der Waals surface area contributed by atoms with Gasteiger partial charge in [0.2, 0.25) is 5.91 Å². The maximum atomic E-state index is 12.9. The fraction of sp³-hybridized carbons (Fsp3) is 0.364. The van der Waals surface area contributed by atoms with Crippen LogP contribution in [0, 0.1) is 6.92 Å². The highest BCUT2D eigenvalue weighted by atomic mass is 16.5. The number of rotatable bonds is 4. The molecule has 0 radical (unpaired) electrons. The fourth-order valence-corrected chi connectivity index (χ4v) is 3.73. The molecule has 152 valence electrons. The minimum absolute atomic E-state index is 0.0328. The number of ether oxygens (including phenoxy) is 2. The molecule has 2 aliphatic rings. The summed E-state index contributed by atoms with van der Waals surface area (Å²) < 4.78 is 10.7. The molecule has 0 N–H and O–H groups in total. The number of amides is 2. The number of anilines is 2. The van der Waals surface area contributed by atoms with E-state index in [4.69, 9.17) is 9.47 Å². The van der Waals surface area contributed by atoms with Crippen molar-refractivity contribution in [2.24, 2.45) is 0 Å². The lowest BCUT2D eigenvalue weighted by Gasteiger charge is -2.37. The van der Waals surface area contributed by atoms with Crippen LogP contribution in [0.1, 0.15) is 5.56 Å². The molecule has 2 heterocycles. The summed E-state index contributed by atoms with van der Waals surface area (Å²) in [6.45, 7) is 4.75. The van der Waals surface area contributed by atoms with Crippen LogP contribution in [0.2, 0.25) is 0 Å². The van der Waals surface area contributed by atoms with Crippen LogP contribution in [-0.2, 0) is 9.59 Å². The van der Waals surface area contributed by atoms with Crippen molar-refractivity contribution in [2.45, 2.75) is 6.92 Å². The van der Waals surface area contributed by atoms with Crippen LogP contribution >= 0.6 is 0 Å². The largest absolute Gasteiger partial charge is 0.497 e. The second-order valence-corrected chi connectivity index (χ2v) is 7.31. The molecule has 1 fully saturated rings. The number of methoxy groups -OCH3 is 1. The van der Waals surface area contributed by atoms with Gasteiger partial charge in [0.15, 0.2) is 6.61 Å². The zero-order chi connectivity index (χ0) is 20.4. The zero-order valence-electron chi connectivity index (χ0n) is 16.8. The van der Waals surface area contributed by atoms with Crippen molar-refractivity contribution in [3.63, 3.8) is 0 Å². The molecule has 1 saturated heterocycles. The molecule has 2 aliphatic heterocycles. The van der Waals surface area contributed by atoms with Gasteiger partial charge in [-0.1, -0.05) is 6.07 Å². The summed E-state index contributed by atoms with van der Waals surface area (Å²) in [7, 11) is 1.65. The van der Waals surface area contributed by atoms with Crippen LogP contribution in [0.4, 0.5) is 11.4 Å². The third-order valence-electron chi connectivity index (χ3n) is 5.42. The van der Waals surface area contributed by atoms with Crippen LogP contribution in [0.5, 0.6) is 11.5 Å². The molecule has 2 aromatic carbocycles. The molecular weight excluding hydrogens is 370 g/mol. The number of piperazine rings is 1. The monoisotopic (exact) mass is 395 g/mol. The third kappa shape index (κ3) is 3.99. The van der Waals surface area contributed by atoms with E-state index in [0.29, 0.717) is 24.5 Å². The number of fused-ring (bicyclic) bond motifs is 1. The Morgan fingerprint density at radius 1 is 1.07 bits per heavy atom. The standard InChI is InChI=1S/C22H25N3O4/c1-16-3-8-19-20(13-16)29-15-22(27)25(19)14-21(26)24-11-9-23(10-12-24)17-4-6-18(28-2)7-5-17/h3-8,13H,9-12,14-15H2,1-2H3. The molecule has 0 spiro atoms. The van der Waals surface area contributed by atoms with Gasteiger partial charge in [-0.15, -0.1) is 0 Å². The van der Waals surface area contributed by atoms with E-state index < -0.39 is 0 Å². The van der Waals surface area contributed by atoms with Gasteiger partial charge in [-0.25, -0.2) is 0 Å². The Labute approximate surface area is 170 Å². The van der Waals surface area contributed by atoms with Crippen LogP contribution in [0.15, 0.2) is 42.5 Å². The first-order valence-electron chi connectivity index (χ1n) is 9.76. The molecule has 2 aromatic rings. The van der Waals surface area contributed by atoms with Crippen LogP contribution in [0.25, 0.3) is 0 Å². The first-order chi connectivity index (χ1) is 14.0. The average molecular weight is 395 g/mol. The van der Waals surface area contributed by atoms with E-state index in [1.165, 1.54) is 4.90 Å². The first-order valence-corrected chi connectivity index (χ1v) is 9.76. The number of carbonyl (C=O) groups is 2. The molecule has 7 heteroatoms. The fourth-order valence-electron chi connectivity index (χ4n) is 3.73. The Kier molecular flexibility index (Phi) is 5.29. The van der Waals surface area contributed by atoms with Gasteiger partial charge in [-0.3, -0.25) is 14.5 Å². The summed E-state index contributed by atoms with van der Waals surface area (Å²) in [5.74, 6) is 1.25. The summed E-state index contributed by atoms with van der Waals surface area (Å²) in [6.07, 6.45) is 0. The van der Waals surface area contributed by atoms with Gasteiger partial charge in [0, 0.05) is 31.9 Å². The van der Waals surface area contributed by atoms with Gasteiger partial charge in [0.1, 0.15) is 18.0 Å². The van der Waals surface area contributed by atoms with Crippen molar-refractivity contribution >= 4 is 23.2 Å². The number of hydrogen-bond donors (Lipinski definition) is 0. The average Bonchev–Trinajstić information content (AvgIpc) is 2.76. The quantitative estimate of drug-likeness (QED) is 0.793. The van der Waals surface area contributed by atoms with E-state index in [0.717, 1.165) is 30.1 Å². The molecule has 7 nitrogen and oxygen atoms in total. The van der Waals surface area contributed by atoms with Crippen molar-refractivity contribution in [1.82, 2.24) is 4.90 Å².